The van der Waals surface area contributed by atoms with Crippen molar-refractivity contribution in [1.82, 2.24) is 14.4 Å². The van der Waals surface area contributed by atoms with Crippen LogP contribution in [-0.4, -0.2) is 46.1 Å². The van der Waals surface area contributed by atoms with Crippen LogP contribution in [0.4, 0.5) is 11.6 Å². The fourth-order valence-corrected chi connectivity index (χ4v) is 2.27. The van der Waals surface area contributed by atoms with Crippen LogP contribution < -0.4 is 21.9 Å². The predicted octanol–water partition coefficient (Wildman–Crippen LogP) is -1.29. The zero-order valence-electron chi connectivity index (χ0n) is 10.7. The highest BCUT2D eigenvalue weighted by atomic mass is 16.5. The molecule has 1 amide bonds. The molecule has 9 heteroatoms. The number of carbonyl (C=O) groups is 1. The van der Waals surface area contributed by atoms with Gasteiger partial charge in [-0.15, -0.1) is 0 Å². The Balaban J connectivity index is 2.11. The maximum absolute atomic E-state index is 11.6. The van der Waals surface area contributed by atoms with Gasteiger partial charge in [0.1, 0.15) is 6.04 Å². The lowest BCUT2D eigenvalue weighted by Crippen LogP contribution is -2.53. The van der Waals surface area contributed by atoms with Crippen molar-refractivity contribution in [2.45, 2.75) is 6.04 Å². The van der Waals surface area contributed by atoms with Crippen molar-refractivity contribution in [1.29, 1.82) is 0 Å². The molecule has 0 aliphatic carbocycles. The second-order valence-corrected chi connectivity index (χ2v) is 4.44. The Kier molecular flexibility index (Phi) is 3.12. The van der Waals surface area contributed by atoms with Gasteiger partial charge in [0.25, 0.3) is 0 Å². The van der Waals surface area contributed by atoms with E-state index in [2.05, 4.69) is 15.4 Å². The Labute approximate surface area is 114 Å². The Hall–Kier alpha value is -2.39. The molecule has 3 rings (SSSR count). The maximum Gasteiger partial charge on any atom is 0.242 e. The van der Waals surface area contributed by atoms with E-state index in [4.69, 9.17) is 16.3 Å². The van der Waals surface area contributed by atoms with E-state index in [1.54, 1.807) is 27.9 Å². The van der Waals surface area contributed by atoms with E-state index in [0.29, 0.717) is 30.4 Å². The van der Waals surface area contributed by atoms with E-state index in [-0.39, 0.29) is 6.61 Å². The van der Waals surface area contributed by atoms with Crippen LogP contribution in [0.25, 0.3) is 5.65 Å². The fourth-order valence-electron chi connectivity index (χ4n) is 2.27. The van der Waals surface area contributed by atoms with Gasteiger partial charge in [-0.1, -0.05) is 0 Å². The average molecular weight is 277 g/mol. The molecule has 2 aromatic rings. The monoisotopic (exact) mass is 277 g/mol. The number of primary amides is 1. The molecule has 1 atom stereocenters. The number of anilines is 2. The highest BCUT2D eigenvalue weighted by molar-refractivity contribution is 5.85. The lowest BCUT2D eigenvalue weighted by Gasteiger charge is -2.34. The van der Waals surface area contributed by atoms with Crippen LogP contribution in [0.15, 0.2) is 18.6 Å². The van der Waals surface area contributed by atoms with E-state index < -0.39 is 11.9 Å². The van der Waals surface area contributed by atoms with E-state index in [0.717, 1.165) is 0 Å². The molecule has 1 unspecified atom stereocenters. The zero-order valence-corrected chi connectivity index (χ0v) is 10.7. The van der Waals surface area contributed by atoms with Gasteiger partial charge in [0.2, 0.25) is 5.91 Å². The molecular formula is C11H15N7O2. The van der Waals surface area contributed by atoms with Gasteiger partial charge < -0.3 is 25.2 Å². The molecule has 20 heavy (non-hydrogen) atoms. The number of nitrogens with one attached hydrogen (secondary N) is 1. The summed E-state index contributed by atoms with van der Waals surface area (Å²) in [5, 5.41) is 0. The first-order chi connectivity index (χ1) is 9.70. The van der Waals surface area contributed by atoms with Crippen LogP contribution in [0.3, 0.4) is 0 Å². The normalized spacial score (nSPS) is 19.2. The third-order valence-electron chi connectivity index (χ3n) is 3.23. The summed E-state index contributed by atoms with van der Waals surface area (Å²) in [6.07, 6.45) is 5.15. The number of imidazole rings is 1. The lowest BCUT2D eigenvalue weighted by atomic mass is 10.2. The number of carbonyl (C=O) groups excluding carboxylic acids is 1. The summed E-state index contributed by atoms with van der Waals surface area (Å²) in [5.74, 6) is 5.99. The van der Waals surface area contributed by atoms with Crippen LogP contribution >= 0.6 is 0 Å². The summed E-state index contributed by atoms with van der Waals surface area (Å²) >= 11 is 0. The predicted molar refractivity (Wildman–Crippen MR) is 71.9 cm³/mol. The fraction of sp³-hybridized carbons (Fsp3) is 0.364. The molecule has 0 bridgehead atoms. The van der Waals surface area contributed by atoms with Crippen molar-refractivity contribution in [2.24, 2.45) is 11.6 Å². The van der Waals surface area contributed by atoms with E-state index in [1.165, 1.54) is 0 Å². The largest absolute Gasteiger partial charge is 0.377 e. The number of fused-ring (bicyclic) bond motifs is 1. The molecule has 3 heterocycles. The number of aromatic nitrogens is 3. The molecule has 9 nitrogen and oxygen atoms in total. The minimum absolute atomic E-state index is 0.240. The van der Waals surface area contributed by atoms with Crippen LogP contribution in [0, 0.1) is 0 Å². The molecule has 1 aliphatic rings. The summed E-state index contributed by atoms with van der Waals surface area (Å²) in [6, 6.07) is -0.565. The molecule has 0 spiro atoms. The second kappa shape index (κ2) is 4.94. The van der Waals surface area contributed by atoms with Crippen molar-refractivity contribution in [2.75, 3.05) is 30.1 Å². The number of nitrogens with two attached hydrogens (primary N) is 2. The smallest absolute Gasteiger partial charge is 0.242 e. The first-order valence-corrected chi connectivity index (χ1v) is 6.14. The molecule has 0 radical (unpaired) electrons. The van der Waals surface area contributed by atoms with E-state index in [9.17, 15) is 4.79 Å². The minimum atomic E-state index is -0.565. The van der Waals surface area contributed by atoms with Crippen LogP contribution in [0.5, 0.6) is 0 Å². The Morgan fingerprint density at radius 1 is 1.55 bits per heavy atom. The molecular weight excluding hydrogens is 262 g/mol. The number of morpholine rings is 1. The highest BCUT2D eigenvalue weighted by Gasteiger charge is 2.30. The van der Waals surface area contributed by atoms with Gasteiger partial charge in [0, 0.05) is 18.9 Å². The number of hydrogen-bond acceptors (Lipinski definition) is 7. The van der Waals surface area contributed by atoms with Gasteiger partial charge in [-0.2, -0.15) is 0 Å². The number of ether oxygens (including phenoxy) is 1. The summed E-state index contributed by atoms with van der Waals surface area (Å²) in [4.78, 5) is 22.0. The van der Waals surface area contributed by atoms with Gasteiger partial charge in [0.15, 0.2) is 17.3 Å². The molecule has 5 N–H and O–H groups in total. The second-order valence-electron chi connectivity index (χ2n) is 4.44. The minimum Gasteiger partial charge on any atom is -0.377 e. The van der Waals surface area contributed by atoms with Gasteiger partial charge in [-0.3, -0.25) is 4.79 Å². The number of nitrogen functional groups attached to an aromatic ring is 1. The SMILES string of the molecule is NNc1cn2ccnc2c(N2CCOCC2C(N)=O)n1. The van der Waals surface area contributed by atoms with Crippen molar-refractivity contribution in [3.63, 3.8) is 0 Å². The molecule has 0 saturated carbocycles. The van der Waals surface area contributed by atoms with Gasteiger partial charge in [-0.05, 0) is 0 Å². The Morgan fingerprint density at radius 3 is 3.15 bits per heavy atom. The Morgan fingerprint density at radius 2 is 2.40 bits per heavy atom. The van der Waals surface area contributed by atoms with Crippen molar-refractivity contribution < 1.29 is 9.53 Å². The molecule has 1 aliphatic heterocycles. The number of hydrogen-bond donors (Lipinski definition) is 3. The van der Waals surface area contributed by atoms with E-state index in [1.807, 2.05) is 0 Å². The number of rotatable bonds is 3. The van der Waals surface area contributed by atoms with Crippen molar-refractivity contribution in [3.05, 3.63) is 18.6 Å². The zero-order chi connectivity index (χ0) is 14.1. The van der Waals surface area contributed by atoms with E-state index >= 15 is 0 Å². The molecule has 1 fully saturated rings. The number of amides is 1. The van der Waals surface area contributed by atoms with Crippen LogP contribution in [0.2, 0.25) is 0 Å². The number of nitrogens with zero attached hydrogens (tertiary/aromatic N) is 4. The van der Waals surface area contributed by atoms with Crippen LogP contribution in [-0.2, 0) is 9.53 Å². The summed E-state index contributed by atoms with van der Waals surface area (Å²) in [5.41, 5.74) is 8.56. The van der Waals surface area contributed by atoms with Crippen LogP contribution in [0.1, 0.15) is 0 Å². The molecule has 2 aromatic heterocycles. The number of hydrazine groups is 1. The van der Waals surface area contributed by atoms with Gasteiger partial charge >= 0.3 is 0 Å². The summed E-state index contributed by atoms with van der Waals surface area (Å²) < 4.78 is 7.09. The van der Waals surface area contributed by atoms with Gasteiger partial charge in [0.05, 0.1) is 19.4 Å². The third-order valence-corrected chi connectivity index (χ3v) is 3.23. The molecule has 0 aromatic carbocycles. The van der Waals surface area contributed by atoms with Gasteiger partial charge in [-0.25, -0.2) is 15.8 Å². The first kappa shape index (κ1) is 12.6. The third kappa shape index (κ3) is 2.02. The molecule has 106 valence electrons. The summed E-state index contributed by atoms with van der Waals surface area (Å²) in [7, 11) is 0. The highest BCUT2D eigenvalue weighted by Crippen LogP contribution is 2.23. The average Bonchev–Trinajstić information content (AvgIpc) is 2.94. The Bertz CT molecular complexity index is 641. The lowest BCUT2D eigenvalue weighted by molar-refractivity contribution is -0.121. The maximum atomic E-state index is 11.6. The summed E-state index contributed by atoms with van der Waals surface area (Å²) in [6.45, 7) is 1.25. The van der Waals surface area contributed by atoms with Crippen molar-refractivity contribution in [3.8, 4) is 0 Å². The molecule has 1 saturated heterocycles. The first-order valence-electron chi connectivity index (χ1n) is 6.14. The standard InChI is InChI=1S/C11H15N7O2/c12-9(19)7-6-20-4-3-18(7)11-10-14-1-2-17(10)5-8(15-11)16-13/h1-2,5,7,16H,3-4,6,13H2,(H2,12,19). The van der Waals surface area contributed by atoms with Crippen molar-refractivity contribution >= 4 is 23.2 Å². The topological polar surface area (TPSA) is 124 Å². The quantitative estimate of drug-likeness (QED) is 0.471.